The molecule has 2 aliphatic rings. The van der Waals surface area contributed by atoms with E-state index >= 15 is 0 Å². The third-order valence-electron chi connectivity index (χ3n) is 5.07. The van der Waals surface area contributed by atoms with Crippen molar-refractivity contribution in [3.05, 3.63) is 45.1 Å². The van der Waals surface area contributed by atoms with Crippen molar-refractivity contribution in [2.45, 2.75) is 33.1 Å². The molecule has 0 aliphatic carbocycles. The molecule has 0 unspecified atom stereocenters. The molecule has 2 amide bonds. The van der Waals surface area contributed by atoms with Gasteiger partial charge < -0.3 is 20.1 Å². The molecule has 0 radical (unpaired) electrons. The fourth-order valence-electron chi connectivity index (χ4n) is 3.37. The number of halogens is 1. The summed E-state index contributed by atoms with van der Waals surface area (Å²) in [5, 5.41) is 5.45. The van der Waals surface area contributed by atoms with Crippen LogP contribution in [0.5, 0.6) is 5.75 Å². The normalized spacial score (nSPS) is 18.1. The molecule has 7 nitrogen and oxygen atoms in total. The van der Waals surface area contributed by atoms with Gasteiger partial charge in [0.2, 0.25) is 5.91 Å². The van der Waals surface area contributed by atoms with Crippen molar-refractivity contribution < 1.29 is 23.9 Å². The zero-order valence-electron chi connectivity index (χ0n) is 17.0. The molecule has 2 heterocycles. The van der Waals surface area contributed by atoms with Gasteiger partial charge in [0.05, 0.1) is 12.2 Å². The van der Waals surface area contributed by atoms with Crippen LogP contribution in [-0.4, -0.2) is 37.5 Å². The first-order valence-corrected chi connectivity index (χ1v) is 10.8. The minimum Gasteiger partial charge on any atom is -0.488 e. The summed E-state index contributed by atoms with van der Waals surface area (Å²) in [5.74, 6) is -0.334. The Bertz CT molecular complexity index is 922. The first kappa shape index (κ1) is 22.1. The van der Waals surface area contributed by atoms with Gasteiger partial charge in [0.15, 0.2) is 0 Å². The average molecular weight is 477 g/mol. The van der Waals surface area contributed by atoms with Crippen LogP contribution in [0.3, 0.4) is 0 Å². The quantitative estimate of drug-likeness (QED) is 0.465. The summed E-state index contributed by atoms with van der Waals surface area (Å²) in [6, 6.07) is 3.81. The summed E-state index contributed by atoms with van der Waals surface area (Å²) in [6.07, 6.45) is 5.25. The first-order chi connectivity index (χ1) is 14.4. The number of rotatable bonds is 7. The molecule has 1 atom stereocenters. The molecule has 1 aromatic carbocycles. The Morgan fingerprint density at radius 2 is 2.20 bits per heavy atom. The lowest BCUT2D eigenvalue weighted by molar-refractivity contribution is -0.139. The van der Waals surface area contributed by atoms with Crippen LogP contribution in [0.4, 0.5) is 0 Å². The Morgan fingerprint density at radius 3 is 2.90 bits per heavy atom. The number of fused-ring (bicyclic) bond motifs is 1. The predicted octanol–water partition coefficient (Wildman–Crippen LogP) is 3.01. The maximum absolute atomic E-state index is 12.8. The highest BCUT2D eigenvalue weighted by Crippen LogP contribution is 2.31. The smallest absolute Gasteiger partial charge is 0.354 e. The minimum atomic E-state index is -0.599. The number of esters is 1. The van der Waals surface area contributed by atoms with Crippen LogP contribution in [0.25, 0.3) is 6.08 Å². The lowest BCUT2D eigenvalue weighted by atomic mass is 10.0. The van der Waals surface area contributed by atoms with Crippen LogP contribution in [0.2, 0.25) is 0 Å². The van der Waals surface area contributed by atoms with Gasteiger partial charge in [-0.1, -0.05) is 22.0 Å². The topological polar surface area (TPSA) is 93.7 Å². The molecule has 0 bridgehead atoms. The molecular formula is C22H25BrN2O5. The Balaban J connectivity index is 1.71. The molecule has 30 heavy (non-hydrogen) atoms. The van der Waals surface area contributed by atoms with Crippen molar-refractivity contribution in [3.8, 4) is 5.75 Å². The van der Waals surface area contributed by atoms with Crippen LogP contribution < -0.4 is 15.4 Å². The third-order valence-corrected chi connectivity index (χ3v) is 5.92. The van der Waals surface area contributed by atoms with Gasteiger partial charge >= 0.3 is 5.97 Å². The van der Waals surface area contributed by atoms with E-state index in [9.17, 15) is 14.4 Å². The SMILES string of the molecule is CCOC(=O)C(=CCC[C@H]1CCNC1=O)NC(=O)C1=Cc2cc(Br)c(C)cc2OC1. The summed E-state index contributed by atoms with van der Waals surface area (Å²) >= 11 is 3.48. The fourth-order valence-corrected chi connectivity index (χ4v) is 3.73. The van der Waals surface area contributed by atoms with E-state index in [1.807, 2.05) is 19.1 Å². The predicted molar refractivity (Wildman–Crippen MR) is 116 cm³/mol. The van der Waals surface area contributed by atoms with Crippen molar-refractivity contribution in [1.29, 1.82) is 0 Å². The van der Waals surface area contributed by atoms with Crippen LogP contribution in [0.15, 0.2) is 34.0 Å². The highest BCUT2D eigenvalue weighted by Gasteiger charge is 2.24. The van der Waals surface area contributed by atoms with E-state index in [-0.39, 0.29) is 30.7 Å². The summed E-state index contributed by atoms with van der Waals surface area (Å²) in [5.41, 5.74) is 2.32. The zero-order chi connectivity index (χ0) is 21.7. The van der Waals surface area contributed by atoms with Gasteiger partial charge in [-0.05, 0) is 56.9 Å². The van der Waals surface area contributed by atoms with E-state index in [0.29, 0.717) is 30.7 Å². The largest absolute Gasteiger partial charge is 0.488 e. The van der Waals surface area contributed by atoms with Gasteiger partial charge in [-0.3, -0.25) is 9.59 Å². The molecule has 2 aliphatic heterocycles. The Kier molecular flexibility index (Phi) is 7.31. The standard InChI is InChI=1S/C22H25BrN2O5/c1-3-29-22(28)18(6-4-5-14-7-8-24-20(14)26)25-21(27)16-10-15-11-17(23)13(2)9-19(15)30-12-16/h6,9-11,14H,3-5,7-8,12H2,1-2H3,(H,24,26)(H,25,27)/t14-/m0/s1. The zero-order valence-corrected chi connectivity index (χ0v) is 18.6. The number of nitrogens with one attached hydrogen (secondary N) is 2. The summed E-state index contributed by atoms with van der Waals surface area (Å²) in [7, 11) is 0. The Hall–Kier alpha value is -2.61. The third kappa shape index (κ3) is 5.30. The number of carbonyl (C=O) groups is 3. The molecule has 0 saturated carbocycles. The lowest BCUT2D eigenvalue weighted by Crippen LogP contribution is -2.32. The number of amides is 2. The van der Waals surface area contributed by atoms with E-state index in [4.69, 9.17) is 9.47 Å². The molecule has 0 aromatic heterocycles. The van der Waals surface area contributed by atoms with E-state index < -0.39 is 11.9 Å². The second kappa shape index (κ2) is 9.93. The van der Waals surface area contributed by atoms with Crippen LogP contribution in [-0.2, 0) is 19.1 Å². The number of hydrogen-bond donors (Lipinski definition) is 2. The Morgan fingerprint density at radius 1 is 1.40 bits per heavy atom. The second-order valence-corrected chi connectivity index (χ2v) is 8.10. The van der Waals surface area contributed by atoms with Crippen molar-refractivity contribution in [2.24, 2.45) is 5.92 Å². The molecule has 160 valence electrons. The van der Waals surface area contributed by atoms with Gasteiger partial charge in [-0.25, -0.2) is 4.79 Å². The van der Waals surface area contributed by atoms with Gasteiger partial charge in [-0.15, -0.1) is 0 Å². The monoisotopic (exact) mass is 476 g/mol. The molecule has 1 fully saturated rings. The number of aryl methyl sites for hydroxylation is 1. The van der Waals surface area contributed by atoms with Crippen LogP contribution >= 0.6 is 15.9 Å². The van der Waals surface area contributed by atoms with Crippen LogP contribution in [0.1, 0.15) is 37.3 Å². The summed E-state index contributed by atoms with van der Waals surface area (Å²) in [6.45, 7) is 4.65. The summed E-state index contributed by atoms with van der Waals surface area (Å²) < 4.78 is 11.7. The molecule has 1 saturated heterocycles. The molecule has 0 spiro atoms. The van der Waals surface area contributed by atoms with Crippen molar-refractivity contribution in [2.75, 3.05) is 19.8 Å². The molecular weight excluding hydrogens is 452 g/mol. The Labute approximate surface area is 184 Å². The number of allylic oxidation sites excluding steroid dienone is 1. The maximum atomic E-state index is 12.8. The summed E-state index contributed by atoms with van der Waals surface area (Å²) in [4.78, 5) is 36.8. The maximum Gasteiger partial charge on any atom is 0.354 e. The van der Waals surface area contributed by atoms with Crippen LogP contribution in [0, 0.1) is 12.8 Å². The molecule has 1 aromatic rings. The van der Waals surface area contributed by atoms with Crippen molar-refractivity contribution in [3.63, 3.8) is 0 Å². The number of benzene rings is 1. The van der Waals surface area contributed by atoms with Crippen molar-refractivity contribution >= 4 is 39.8 Å². The first-order valence-electron chi connectivity index (χ1n) is 9.99. The van der Waals surface area contributed by atoms with E-state index in [1.54, 1.807) is 19.1 Å². The van der Waals surface area contributed by atoms with E-state index in [1.165, 1.54) is 0 Å². The lowest BCUT2D eigenvalue weighted by Gasteiger charge is -2.19. The van der Waals surface area contributed by atoms with Gasteiger partial charge in [0.25, 0.3) is 5.91 Å². The van der Waals surface area contributed by atoms with Crippen molar-refractivity contribution in [1.82, 2.24) is 10.6 Å². The minimum absolute atomic E-state index is 0.0368. The van der Waals surface area contributed by atoms with Gasteiger partial charge in [0, 0.05) is 22.5 Å². The second-order valence-electron chi connectivity index (χ2n) is 7.24. The average Bonchev–Trinajstić information content (AvgIpc) is 3.12. The van der Waals surface area contributed by atoms with E-state index in [2.05, 4.69) is 26.6 Å². The number of carbonyl (C=O) groups excluding carboxylic acids is 3. The highest BCUT2D eigenvalue weighted by atomic mass is 79.9. The molecule has 2 N–H and O–H groups in total. The number of ether oxygens (including phenoxy) is 2. The van der Waals surface area contributed by atoms with E-state index in [0.717, 1.165) is 22.0 Å². The molecule has 8 heteroatoms. The number of hydrogen-bond acceptors (Lipinski definition) is 5. The highest BCUT2D eigenvalue weighted by molar-refractivity contribution is 9.10. The fraction of sp³-hybridized carbons (Fsp3) is 0.409. The molecule has 3 rings (SSSR count). The van der Waals surface area contributed by atoms with Gasteiger partial charge in [-0.2, -0.15) is 0 Å². The van der Waals surface area contributed by atoms with Gasteiger partial charge in [0.1, 0.15) is 18.1 Å².